The summed E-state index contributed by atoms with van der Waals surface area (Å²) in [6.45, 7) is 0. The molecule has 0 N–H and O–H groups in total. The summed E-state index contributed by atoms with van der Waals surface area (Å²) in [7, 11) is 0. The second-order valence-corrected chi connectivity index (χ2v) is 4.63. The smallest absolute Gasteiger partial charge is 0.270 e. The van der Waals surface area contributed by atoms with Crippen LogP contribution in [0, 0.1) is 10.1 Å². The molecule has 0 atom stereocenters. The number of carbonyl (C=O) groups is 1. The number of non-ortho nitro benzene ring substituents is 1. The molecule has 4 nitrogen and oxygen atoms in total. The fraction of sp³-hybridized carbons (Fsp3) is 0. The summed E-state index contributed by atoms with van der Waals surface area (Å²) in [4.78, 5) is 22.8. The monoisotopic (exact) mass is 259 g/mol. The van der Waals surface area contributed by atoms with Crippen molar-refractivity contribution in [3.8, 4) is 0 Å². The SMILES string of the molecule is O=Cc1cc([N+](=O)[O-])ccc1Sc1ccccc1. The van der Waals surface area contributed by atoms with E-state index in [2.05, 4.69) is 0 Å². The minimum atomic E-state index is -0.510. The molecule has 0 saturated carbocycles. The Morgan fingerprint density at radius 3 is 2.44 bits per heavy atom. The molecule has 2 rings (SSSR count). The standard InChI is InChI=1S/C13H9NO3S/c15-9-10-8-11(14(16)17)6-7-13(10)18-12-4-2-1-3-5-12/h1-9H. The van der Waals surface area contributed by atoms with E-state index in [1.807, 2.05) is 30.3 Å². The molecule has 0 spiro atoms. The van der Waals surface area contributed by atoms with Crippen LogP contribution in [-0.4, -0.2) is 11.2 Å². The maximum Gasteiger partial charge on any atom is 0.270 e. The lowest BCUT2D eigenvalue weighted by Crippen LogP contribution is -1.91. The molecule has 0 saturated heterocycles. The summed E-state index contributed by atoms with van der Waals surface area (Å²) in [5.41, 5.74) is 0.257. The fourth-order valence-electron chi connectivity index (χ4n) is 1.45. The Morgan fingerprint density at radius 2 is 1.83 bits per heavy atom. The average Bonchev–Trinajstić information content (AvgIpc) is 2.40. The van der Waals surface area contributed by atoms with Crippen LogP contribution in [0.1, 0.15) is 10.4 Å². The van der Waals surface area contributed by atoms with Crippen LogP contribution in [0.4, 0.5) is 5.69 Å². The lowest BCUT2D eigenvalue weighted by molar-refractivity contribution is -0.384. The Kier molecular flexibility index (Phi) is 3.74. The molecule has 2 aromatic rings. The molecule has 0 radical (unpaired) electrons. The summed E-state index contributed by atoms with van der Waals surface area (Å²) in [6, 6.07) is 13.8. The van der Waals surface area contributed by atoms with Gasteiger partial charge in [-0.2, -0.15) is 0 Å². The average molecular weight is 259 g/mol. The van der Waals surface area contributed by atoms with E-state index in [1.165, 1.54) is 23.9 Å². The largest absolute Gasteiger partial charge is 0.298 e. The summed E-state index contributed by atoms with van der Waals surface area (Å²) >= 11 is 1.41. The number of rotatable bonds is 4. The molecular weight excluding hydrogens is 250 g/mol. The van der Waals surface area contributed by atoms with Crippen LogP contribution in [0.3, 0.4) is 0 Å². The molecule has 0 aliphatic carbocycles. The minimum Gasteiger partial charge on any atom is -0.298 e. The van der Waals surface area contributed by atoms with E-state index in [0.29, 0.717) is 16.7 Å². The van der Waals surface area contributed by atoms with Gasteiger partial charge in [0.15, 0.2) is 6.29 Å². The van der Waals surface area contributed by atoms with Gasteiger partial charge in [0.1, 0.15) is 0 Å². The Hall–Kier alpha value is -2.14. The van der Waals surface area contributed by atoms with Crippen molar-refractivity contribution in [1.29, 1.82) is 0 Å². The van der Waals surface area contributed by atoms with Crippen molar-refractivity contribution in [3.05, 3.63) is 64.2 Å². The second kappa shape index (κ2) is 5.46. The van der Waals surface area contributed by atoms with Gasteiger partial charge in [0.25, 0.3) is 5.69 Å². The van der Waals surface area contributed by atoms with Crippen LogP contribution in [0.15, 0.2) is 58.3 Å². The number of nitro groups is 1. The highest BCUT2D eigenvalue weighted by atomic mass is 32.2. The van der Waals surface area contributed by atoms with Crippen molar-refractivity contribution >= 4 is 23.7 Å². The van der Waals surface area contributed by atoms with E-state index < -0.39 is 4.92 Å². The highest BCUT2D eigenvalue weighted by molar-refractivity contribution is 7.99. The molecule has 5 heteroatoms. The fourth-order valence-corrected chi connectivity index (χ4v) is 2.36. The molecular formula is C13H9NO3S. The van der Waals surface area contributed by atoms with Crippen molar-refractivity contribution in [2.75, 3.05) is 0 Å². The van der Waals surface area contributed by atoms with Gasteiger partial charge < -0.3 is 0 Å². The predicted molar refractivity (Wildman–Crippen MR) is 69.0 cm³/mol. The van der Waals surface area contributed by atoms with E-state index in [9.17, 15) is 14.9 Å². The third-order valence-electron chi connectivity index (χ3n) is 2.30. The van der Waals surface area contributed by atoms with Crippen LogP contribution < -0.4 is 0 Å². The van der Waals surface area contributed by atoms with E-state index in [-0.39, 0.29) is 5.69 Å². The van der Waals surface area contributed by atoms with Gasteiger partial charge in [-0.25, -0.2) is 0 Å². The van der Waals surface area contributed by atoms with Crippen LogP contribution in [-0.2, 0) is 0 Å². The van der Waals surface area contributed by atoms with Crippen LogP contribution in [0.2, 0.25) is 0 Å². The van der Waals surface area contributed by atoms with Gasteiger partial charge in [-0.15, -0.1) is 0 Å². The Labute approximate surface area is 108 Å². The van der Waals surface area contributed by atoms with E-state index >= 15 is 0 Å². The highest BCUT2D eigenvalue weighted by Gasteiger charge is 2.11. The number of nitrogens with zero attached hydrogens (tertiary/aromatic N) is 1. The molecule has 0 aromatic heterocycles. The van der Waals surface area contributed by atoms with Gasteiger partial charge in [-0.1, -0.05) is 30.0 Å². The lowest BCUT2D eigenvalue weighted by atomic mass is 10.2. The summed E-state index contributed by atoms with van der Waals surface area (Å²) < 4.78 is 0. The maximum atomic E-state index is 11.0. The third-order valence-corrected chi connectivity index (χ3v) is 3.40. The molecule has 2 aromatic carbocycles. The predicted octanol–water partition coefficient (Wildman–Crippen LogP) is 3.56. The normalized spacial score (nSPS) is 10.0. The summed E-state index contributed by atoms with van der Waals surface area (Å²) in [5, 5.41) is 10.6. The zero-order chi connectivity index (χ0) is 13.0. The Balaban J connectivity index is 2.34. The number of nitro benzene ring substituents is 1. The van der Waals surface area contributed by atoms with Gasteiger partial charge in [-0.3, -0.25) is 14.9 Å². The number of benzene rings is 2. The summed E-state index contributed by atoms with van der Waals surface area (Å²) in [6.07, 6.45) is 0.637. The van der Waals surface area contributed by atoms with Crippen molar-refractivity contribution in [2.24, 2.45) is 0 Å². The molecule has 0 fully saturated rings. The molecule has 0 bridgehead atoms. The van der Waals surface area contributed by atoms with Crippen molar-refractivity contribution in [1.82, 2.24) is 0 Å². The van der Waals surface area contributed by atoms with Crippen LogP contribution in [0.25, 0.3) is 0 Å². The zero-order valence-corrected chi connectivity index (χ0v) is 10.1. The van der Waals surface area contributed by atoms with Crippen molar-refractivity contribution in [3.63, 3.8) is 0 Å². The Bertz CT molecular complexity index is 584. The van der Waals surface area contributed by atoms with E-state index in [0.717, 1.165) is 4.90 Å². The molecule has 0 aliphatic rings. The molecule has 90 valence electrons. The molecule has 0 amide bonds. The maximum absolute atomic E-state index is 11.0. The number of aldehydes is 1. The van der Waals surface area contributed by atoms with Crippen molar-refractivity contribution < 1.29 is 9.72 Å². The number of carbonyl (C=O) groups excluding carboxylic acids is 1. The first-order chi connectivity index (χ1) is 8.70. The van der Waals surface area contributed by atoms with Crippen molar-refractivity contribution in [2.45, 2.75) is 9.79 Å². The number of hydrogen-bond acceptors (Lipinski definition) is 4. The highest BCUT2D eigenvalue weighted by Crippen LogP contribution is 2.31. The third kappa shape index (κ3) is 2.75. The van der Waals surface area contributed by atoms with Gasteiger partial charge in [0.05, 0.1) is 4.92 Å². The van der Waals surface area contributed by atoms with Crippen LogP contribution in [0.5, 0.6) is 0 Å². The molecule has 18 heavy (non-hydrogen) atoms. The first-order valence-corrected chi connectivity index (χ1v) is 5.99. The van der Waals surface area contributed by atoms with E-state index in [1.54, 1.807) is 6.07 Å². The summed E-state index contributed by atoms with van der Waals surface area (Å²) in [5.74, 6) is 0. The molecule has 0 heterocycles. The first-order valence-electron chi connectivity index (χ1n) is 5.17. The quantitative estimate of drug-likeness (QED) is 0.478. The van der Waals surface area contributed by atoms with Gasteiger partial charge in [0, 0.05) is 27.5 Å². The zero-order valence-electron chi connectivity index (χ0n) is 9.28. The molecule has 0 aliphatic heterocycles. The van der Waals surface area contributed by atoms with Gasteiger partial charge in [-0.05, 0) is 18.2 Å². The first kappa shape index (κ1) is 12.3. The van der Waals surface area contributed by atoms with E-state index in [4.69, 9.17) is 0 Å². The second-order valence-electron chi connectivity index (χ2n) is 3.51. The Morgan fingerprint density at radius 1 is 1.11 bits per heavy atom. The van der Waals surface area contributed by atoms with Gasteiger partial charge in [0.2, 0.25) is 0 Å². The number of hydrogen-bond donors (Lipinski definition) is 0. The molecule has 0 unspecified atom stereocenters. The van der Waals surface area contributed by atoms with Crippen LogP contribution >= 0.6 is 11.8 Å². The topological polar surface area (TPSA) is 60.2 Å². The van der Waals surface area contributed by atoms with Gasteiger partial charge >= 0.3 is 0 Å². The minimum absolute atomic E-state index is 0.0745. The lowest BCUT2D eigenvalue weighted by Gasteiger charge is -2.04.